The number of aryl methyl sites for hydroxylation is 3. The second kappa shape index (κ2) is 6.80. The van der Waals surface area contributed by atoms with Gasteiger partial charge in [-0.1, -0.05) is 12.1 Å². The van der Waals surface area contributed by atoms with Crippen molar-refractivity contribution in [1.29, 1.82) is 5.26 Å². The van der Waals surface area contributed by atoms with Crippen molar-refractivity contribution in [1.82, 2.24) is 0 Å². The van der Waals surface area contributed by atoms with Gasteiger partial charge >= 0.3 is 0 Å². The zero-order chi connectivity index (χ0) is 17.0. The second-order valence-corrected chi connectivity index (χ2v) is 5.50. The van der Waals surface area contributed by atoms with Crippen LogP contribution in [-0.2, 0) is 4.79 Å². The molecule has 23 heavy (non-hydrogen) atoms. The third-order valence-corrected chi connectivity index (χ3v) is 3.47. The van der Waals surface area contributed by atoms with Crippen LogP contribution < -0.4 is 5.32 Å². The van der Waals surface area contributed by atoms with Crippen LogP contribution in [0.1, 0.15) is 22.3 Å². The van der Waals surface area contributed by atoms with Crippen LogP contribution in [0.15, 0.2) is 42.0 Å². The van der Waals surface area contributed by atoms with Crippen LogP contribution in [0.4, 0.5) is 5.69 Å². The summed E-state index contributed by atoms with van der Waals surface area (Å²) < 4.78 is 0. The number of benzene rings is 2. The Labute approximate surface area is 135 Å². The zero-order valence-electron chi connectivity index (χ0n) is 13.3. The highest BCUT2D eigenvalue weighted by molar-refractivity contribution is 6.09. The Kier molecular flexibility index (Phi) is 4.82. The van der Waals surface area contributed by atoms with Crippen molar-refractivity contribution >= 4 is 17.7 Å². The van der Waals surface area contributed by atoms with Crippen LogP contribution in [0, 0.1) is 32.1 Å². The highest BCUT2D eigenvalue weighted by Gasteiger charge is 2.10. The first-order chi connectivity index (χ1) is 10.9. The fraction of sp³-hybridized carbons (Fsp3) is 0.158. The number of rotatable bonds is 3. The van der Waals surface area contributed by atoms with Gasteiger partial charge < -0.3 is 10.4 Å². The zero-order valence-corrected chi connectivity index (χ0v) is 13.3. The van der Waals surface area contributed by atoms with Crippen molar-refractivity contribution in [3.05, 3.63) is 64.2 Å². The number of anilines is 1. The second-order valence-electron chi connectivity index (χ2n) is 5.50. The summed E-state index contributed by atoms with van der Waals surface area (Å²) in [4.78, 5) is 12.2. The predicted octanol–water partition coefficient (Wildman–Crippen LogP) is 3.86. The molecule has 2 N–H and O–H groups in total. The Balaban J connectivity index is 2.28. The fourth-order valence-electron chi connectivity index (χ4n) is 2.31. The van der Waals surface area contributed by atoms with E-state index in [9.17, 15) is 15.2 Å². The largest absolute Gasteiger partial charge is 0.507 e. The average molecular weight is 306 g/mol. The van der Waals surface area contributed by atoms with E-state index in [-0.39, 0.29) is 11.3 Å². The fourth-order valence-corrected chi connectivity index (χ4v) is 2.31. The van der Waals surface area contributed by atoms with Gasteiger partial charge in [0.15, 0.2) is 0 Å². The number of nitrogens with zero attached hydrogens (tertiary/aromatic N) is 1. The lowest BCUT2D eigenvalue weighted by Gasteiger charge is -2.07. The minimum atomic E-state index is -0.457. The average Bonchev–Trinajstić information content (AvgIpc) is 2.50. The Bertz CT molecular complexity index is 806. The molecule has 2 rings (SSSR count). The number of carbonyl (C=O) groups excluding carboxylic acids is 1. The van der Waals surface area contributed by atoms with Gasteiger partial charge in [-0.2, -0.15) is 5.26 Å². The molecule has 0 fully saturated rings. The van der Waals surface area contributed by atoms with E-state index >= 15 is 0 Å². The number of phenolic OH excluding ortho intramolecular Hbond substituents is 1. The third-order valence-electron chi connectivity index (χ3n) is 3.47. The molecule has 4 heteroatoms. The minimum absolute atomic E-state index is 0.0102. The number of aromatic hydroxyl groups is 1. The molecule has 1 amide bonds. The SMILES string of the molecule is Cc1cccc(NC(=O)/C(C#N)=C/c2cc(C)c(O)c(C)c2)c1. The van der Waals surface area contributed by atoms with Crippen molar-refractivity contribution in [2.75, 3.05) is 5.32 Å². The number of hydrogen-bond donors (Lipinski definition) is 2. The molecule has 0 aromatic heterocycles. The van der Waals surface area contributed by atoms with Gasteiger partial charge in [0.25, 0.3) is 5.91 Å². The minimum Gasteiger partial charge on any atom is -0.507 e. The molecule has 0 aliphatic rings. The summed E-state index contributed by atoms with van der Waals surface area (Å²) in [5.74, 6) is -0.230. The first-order valence-corrected chi connectivity index (χ1v) is 7.20. The molecule has 0 saturated carbocycles. The number of phenols is 1. The van der Waals surface area contributed by atoms with Gasteiger partial charge in [0, 0.05) is 5.69 Å². The molecule has 2 aromatic rings. The molecule has 4 nitrogen and oxygen atoms in total. The molecule has 0 bridgehead atoms. The van der Waals surface area contributed by atoms with E-state index in [2.05, 4.69) is 5.32 Å². The summed E-state index contributed by atoms with van der Waals surface area (Å²) in [7, 11) is 0. The normalized spacial score (nSPS) is 11.0. The topological polar surface area (TPSA) is 73.1 Å². The number of hydrogen-bond acceptors (Lipinski definition) is 3. The lowest BCUT2D eigenvalue weighted by molar-refractivity contribution is -0.112. The van der Waals surface area contributed by atoms with Crippen LogP contribution >= 0.6 is 0 Å². The molecular weight excluding hydrogens is 288 g/mol. The third kappa shape index (κ3) is 3.98. The summed E-state index contributed by atoms with van der Waals surface area (Å²) in [6, 6.07) is 12.8. The number of amides is 1. The molecule has 116 valence electrons. The molecule has 0 aliphatic heterocycles. The molecule has 0 spiro atoms. The Morgan fingerprint density at radius 1 is 1.17 bits per heavy atom. The maximum absolute atomic E-state index is 12.2. The highest BCUT2D eigenvalue weighted by Crippen LogP contribution is 2.24. The standard InChI is InChI=1S/C19H18N2O2/c1-12-5-4-6-17(7-12)21-19(23)16(11-20)10-15-8-13(2)18(22)14(3)9-15/h4-10,22H,1-3H3,(H,21,23)/b16-10+. The predicted molar refractivity (Wildman–Crippen MR) is 91.0 cm³/mol. The maximum Gasteiger partial charge on any atom is 0.266 e. The van der Waals surface area contributed by atoms with E-state index in [1.165, 1.54) is 6.08 Å². The highest BCUT2D eigenvalue weighted by atomic mass is 16.3. The summed E-state index contributed by atoms with van der Waals surface area (Å²) in [5.41, 5.74) is 3.79. The van der Waals surface area contributed by atoms with Crippen LogP contribution in [0.2, 0.25) is 0 Å². The lowest BCUT2D eigenvalue weighted by Crippen LogP contribution is -2.13. The maximum atomic E-state index is 12.2. The molecule has 0 saturated heterocycles. The quantitative estimate of drug-likeness (QED) is 0.668. The van der Waals surface area contributed by atoms with Crippen LogP contribution in [0.25, 0.3) is 6.08 Å². The molecular formula is C19H18N2O2. The summed E-state index contributed by atoms with van der Waals surface area (Å²) in [5, 5.41) is 21.8. The van der Waals surface area contributed by atoms with Crippen molar-refractivity contribution in [2.24, 2.45) is 0 Å². The Morgan fingerprint density at radius 3 is 2.39 bits per heavy atom. The number of nitrogens with one attached hydrogen (secondary N) is 1. The lowest BCUT2D eigenvalue weighted by atomic mass is 10.0. The van der Waals surface area contributed by atoms with Crippen molar-refractivity contribution < 1.29 is 9.90 Å². The summed E-state index contributed by atoms with van der Waals surface area (Å²) >= 11 is 0. The number of nitriles is 1. The smallest absolute Gasteiger partial charge is 0.266 e. The van der Waals surface area contributed by atoms with Gasteiger partial charge in [-0.15, -0.1) is 0 Å². The molecule has 0 aliphatic carbocycles. The summed E-state index contributed by atoms with van der Waals surface area (Å²) in [6.07, 6.45) is 1.52. The van der Waals surface area contributed by atoms with Crippen molar-refractivity contribution in [3.63, 3.8) is 0 Å². The van der Waals surface area contributed by atoms with E-state index in [0.29, 0.717) is 22.4 Å². The summed E-state index contributed by atoms with van der Waals surface area (Å²) in [6.45, 7) is 5.48. The first kappa shape index (κ1) is 16.3. The van der Waals surface area contributed by atoms with Crippen LogP contribution in [-0.4, -0.2) is 11.0 Å². The monoisotopic (exact) mass is 306 g/mol. The Morgan fingerprint density at radius 2 is 1.83 bits per heavy atom. The van der Waals surface area contributed by atoms with Crippen LogP contribution in [0.5, 0.6) is 5.75 Å². The van der Waals surface area contributed by atoms with E-state index in [1.54, 1.807) is 32.0 Å². The molecule has 0 unspecified atom stereocenters. The molecule has 0 heterocycles. The van der Waals surface area contributed by atoms with Crippen LogP contribution in [0.3, 0.4) is 0 Å². The van der Waals surface area contributed by atoms with Crippen molar-refractivity contribution in [3.8, 4) is 11.8 Å². The molecule has 0 atom stereocenters. The van der Waals surface area contributed by atoms with Crippen molar-refractivity contribution in [2.45, 2.75) is 20.8 Å². The van der Waals surface area contributed by atoms with E-state index in [1.807, 2.05) is 31.2 Å². The Hall–Kier alpha value is -3.06. The van der Waals surface area contributed by atoms with Gasteiger partial charge in [0.1, 0.15) is 17.4 Å². The van der Waals surface area contributed by atoms with Gasteiger partial charge in [0.05, 0.1) is 0 Å². The molecule has 2 aromatic carbocycles. The van der Waals surface area contributed by atoms with E-state index < -0.39 is 5.91 Å². The van der Waals surface area contributed by atoms with Gasteiger partial charge in [-0.05, 0) is 73.4 Å². The van der Waals surface area contributed by atoms with Gasteiger partial charge in [-0.25, -0.2) is 0 Å². The molecule has 0 radical (unpaired) electrons. The number of carbonyl (C=O) groups is 1. The van der Waals surface area contributed by atoms with E-state index in [4.69, 9.17) is 0 Å². The van der Waals surface area contributed by atoms with E-state index in [0.717, 1.165) is 5.56 Å². The van der Waals surface area contributed by atoms with Gasteiger partial charge in [0.2, 0.25) is 0 Å². The first-order valence-electron chi connectivity index (χ1n) is 7.20. The van der Waals surface area contributed by atoms with Gasteiger partial charge in [-0.3, -0.25) is 4.79 Å².